The van der Waals surface area contributed by atoms with Gasteiger partial charge in [-0.3, -0.25) is 0 Å². The Hall–Kier alpha value is -1.18. The molecule has 0 bridgehead atoms. The van der Waals surface area contributed by atoms with Gasteiger partial charge in [-0.25, -0.2) is 0 Å². The van der Waals surface area contributed by atoms with Gasteiger partial charge in [0.2, 0.25) is 0 Å². The van der Waals surface area contributed by atoms with Crippen LogP contribution in [0.1, 0.15) is 24.8 Å². The molecule has 1 heterocycles. The molecule has 2 aliphatic rings. The van der Waals surface area contributed by atoms with Gasteiger partial charge in [-0.05, 0) is 42.7 Å². The predicted molar refractivity (Wildman–Crippen MR) is 56.6 cm³/mol. The monoisotopic (exact) mass is 189 g/mol. The minimum Gasteiger partial charge on any atom is -0.508 e. The van der Waals surface area contributed by atoms with Crippen LogP contribution in [0.15, 0.2) is 18.2 Å². The number of aryl methyl sites for hydroxylation is 1. The molecule has 0 saturated heterocycles. The van der Waals surface area contributed by atoms with E-state index in [0.29, 0.717) is 11.2 Å². The fourth-order valence-electron chi connectivity index (χ4n) is 2.32. The van der Waals surface area contributed by atoms with Gasteiger partial charge in [0.15, 0.2) is 0 Å². The van der Waals surface area contributed by atoms with Gasteiger partial charge in [-0.2, -0.15) is 0 Å². The SMILES string of the molecule is Oc1ccc2c(c1)NCC1(CC2)CC1. The summed E-state index contributed by atoms with van der Waals surface area (Å²) >= 11 is 0. The number of hydrogen-bond donors (Lipinski definition) is 2. The molecule has 0 amide bonds. The Morgan fingerprint density at radius 2 is 2.07 bits per heavy atom. The molecule has 0 radical (unpaired) electrons. The Morgan fingerprint density at radius 3 is 2.86 bits per heavy atom. The largest absolute Gasteiger partial charge is 0.508 e. The summed E-state index contributed by atoms with van der Waals surface area (Å²) in [5.41, 5.74) is 3.08. The Bertz CT molecular complexity index is 369. The molecule has 1 saturated carbocycles. The van der Waals surface area contributed by atoms with E-state index in [2.05, 4.69) is 5.32 Å². The van der Waals surface area contributed by atoms with Gasteiger partial charge in [-0.1, -0.05) is 6.07 Å². The third kappa shape index (κ3) is 1.26. The lowest BCUT2D eigenvalue weighted by atomic mass is 9.99. The second kappa shape index (κ2) is 2.66. The van der Waals surface area contributed by atoms with Crippen molar-refractivity contribution in [3.05, 3.63) is 23.8 Å². The van der Waals surface area contributed by atoms with Crippen molar-refractivity contribution in [1.29, 1.82) is 0 Å². The molecule has 3 rings (SSSR count). The molecule has 1 fully saturated rings. The zero-order valence-corrected chi connectivity index (χ0v) is 8.21. The molecule has 1 aliphatic heterocycles. The van der Waals surface area contributed by atoms with Crippen LogP contribution in [0.2, 0.25) is 0 Å². The first kappa shape index (κ1) is 8.16. The quantitative estimate of drug-likeness (QED) is 0.657. The second-order valence-corrected chi connectivity index (χ2v) is 4.70. The third-order valence-corrected chi connectivity index (χ3v) is 3.63. The van der Waals surface area contributed by atoms with Crippen LogP contribution in [0.4, 0.5) is 5.69 Å². The summed E-state index contributed by atoms with van der Waals surface area (Å²) in [7, 11) is 0. The number of phenols is 1. The third-order valence-electron chi connectivity index (χ3n) is 3.63. The lowest BCUT2D eigenvalue weighted by molar-refractivity contribution is 0.475. The molecule has 1 aromatic rings. The van der Waals surface area contributed by atoms with Crippen molar-refractivity contribution in [2.24, 2.45) is 5.41 Å². The average molecular weight is 189 g/mol. The zero-order valence-electron chi connectivity index (χ0n) is 8.21. The second-order valence-electron chi connectivity index (χ2n) is 4.70. The number of fused-ring (bicyclic) bond motifs is 1. The fraction of sp³-hybridized carbons (Fsp3) is 0.500. The molecule has 0 atom stereocenters. The molecule has 2 heteroatoms. The van der Waals surface area contributed by atoms with E-state index in [0.717, 1.165) is 18.7 Å². The van der Waals surface area contributed by atoms with Gasteiger partial charge in [0.25, 0.3) is 0 Å². The van der Waals surface area contributed by atoms with Crippen molar-refractivity contribution >= 4 is 5.69 Å². The highest BCUT2D eigenvalue weighted by Crippen LogP contribution is 2.51. The van der Waals surface area contributed by atoms with Crippen LogP contribution < -0.4 is 5.32 Å². The van der Waals surface area contributed by atoms with E-state index >= 15 is 0 Å². The van der Waals surface area contributed by atoms with Crippen LogP contribution in [0.25, 0.3) is 0 Å². The number of anilines is 1. The van der Waals surface area contributed by atoms with E-state index in [1.165, 1.54) is 24.8 Å². The molecule has 2 N–H and O–H groups in total. The maximum atomic E-state index is 9.39. The maximum Gasteiger partial charge on any atom is 0.117 e. The van der Waals surface area contributed by atoms with Crippen LogP contribution in [0.5, 0.6) is 5.75 Å². The lowest BCUT2D eigenvalue weighted by Crippen LogP contribution is -2.12. The van der Waals surface area contributed by atoms with Crippen molar-refractivity contribution in [2.45, 2.75) is 25.7 Å². The molecular weight excluding hydrogens is 174 g/mol. The van der Waals surface area contributed by atoms with Gasteiger partial charge < -0.3 is 10.4 Å². The summed E-state index contributed by atoms with van der Waals surface area (Å²) in [5, 5.41) is 12.8. The summed E-state index contributed by atoms with van der Waals surface area (Å²) in [6.07, 6.45) is 5.21. The minimum absolute atomic E-state index is 0.364. The zero-order chi connectivity index (χ0) is 9.60. The first-order chi connectivity index (χ1) is 6.77. The minimum atomic E-state index is 0.364. The maximum absolute atomic E-state index is 9.39. The average Bonchev–Trinajstić information content (AvgIpc) is 2.96. The first-order valence-corrected chi connectivity index (χ1v) is 5.33. The molecule has 0 aromatic heterocycles. The van der Waals surface area contributed by atoms with Gasteiger partial charge >= 0.3 is 0 Å². The molecule has 1 aromatic carbocycles. The molecule has 1 aliphatic carbocycles. The summed E-state index contributed by atoms with van der Waals surface area (Å²) in [6, 6.07) is 5.67. The number of phenolic OH excluding ortho intramolecular Hbond substituents is 1. The highest BCUT2D eigenvalue weighted by Gasteiger charge is 2.42. The summed E-state index contributed by atoms with van der Waals surface area (Å²) in [4.78, 5) is 0. The Balaban J connectivity index is 1.93. The van der Waals surface area contributed by atoms with Crippen molar-refractivity contribution in [3.63, 3.8) is 0 Å². The molecule has 74 valence electrons. The van der Waals surface area contributed by atoms with E-state index in [1.807, 2.05) is 12.1 Å². The number of hydrogen-bond acceptors (Lipinski definition) is 2. The van der Waals surface area contributed by atoms with Crippen molar-refractivity contribution in [3.8, 4) is 5.75 Å². The molecule has 0 unspecified atom stereocenters. The summed E-state index contributed by atoms with van der Waals surface area (Å²) in [5.74, 6) is 0.364. The Labute approximate surface area is 84.0 Å². The topological polar surface area (TPSA) is 32.3 Å². The van der Waals surface area contributed by atoms with Gasteiger partial charge in [0, 0.05) is 18.3 Å². The Kier molecular flexibility index (Phi) is 1.55. The van der Waals surface area contributed by atoms with Gasteiger partial charge in [0.05, 0.1) is 0 Å². The lowest BCUT2D eigenvalue weighted by Gasteiger charge is -2.11. The molecule has 14 heavy (non-hydrogen) atoms. The van der Waals surface area contributed by atoms with Gasteiger partial charge in [-0.15, -0.1) is 0 Å². The highest BCUT2D eigenvalue weighted by atomic mass is 16.3. The smallest absolute Gasteiger partial charge is 0.117 e. The standard InChI is InChI=1S/C12H15NO/c14-10-2-1-9-3-4-12(5-6-12)8-13-11(9)7-10/h1-2,7,13-14H,3-6,8H2. The van der Waals surface area contributed by atoms with E-state index in [4.69, 9.17) is 0 Å². The van der Waals surface area contributed by atoms with Crippen LogP contribution in [0, 0.1) is 5.41 Å². The Morgan fingerprint density at radius 1 is 1.21 bits per heavy atom. The van der Waals surface area contributed by atoms with E-state index in [-0.39, 0.29) is 0 Å². The van der Waals surface area contributed by atoms with Gasteiger partial charge in [0.1, 0.15) is 5.75 Å². The highest BCUT2D eigenvalue weighted by molar-refractivity contribution is 5.56. The van der Waals surface area contributed by atoms with Crippen LogP contribution in [-0.4, -0.2) is 11.7 Å². The number of rotatable bonds is 0. The predicted octanol–water partition coefficient (Wildman–Crippen LogP) is 2.53. The van der Waals surface area contributed by atoms with E-state index < -0.39 is 0 Å². The van der Waals surface area contributed by atoms with Crippen molar-refractivity contribution in [2.75, 3.05) is 11.9 Å². The number of aromatic hydroxyl groups is 1. The number of nitrogens with one attached hydrogen (secondary N) is 1. The van der Waals surface area contributed by atoms with E-state index in [1.54, 1.807) is 6.07 Å². The number of benzene rings is 1. The molecular formula is C12H15NO. The van der Waals surface area contributed by atoms with E-state index in [9.17, 15) is 5.11 Å². The summed E-state index contributed by atoms with van der Waals surface area (Å²) in [6.45, 7) is 1.09. The van der Waals surface area contributed by atoms with Crippen molar-refractivity contribution in [1.82, 2.24) is 0 Å². The molecule has 1 spiro atoms. The van der Waals surface area contributed by atoms with Crippen LogP contribution in [-0.2, 0) is 6.42 Å². The van der Waals surface area contributed by atoms with Crippen molar-refractivity contribution < 1.29 is 5.11 Å². The fourth-order valence-corrected chi connectivity index (χ4v) is 2.32. The van der Waals surface area contributed by atoms with Crippen LogP contribution in [0.3, 0.4) is 0 Å². The summed E-state index contributed by atoms with van der Waals surface area (Å²) < 4.78 is 0. The molecule has 2 nitrogen and oxygen atoms in total. The first-order valence-electron chi connectivity index (χ1n) is 5.33. The normalized spacial score (nSPS) is 22.3. The van der Waals surface area contributed by atoms with Crippen LogP contribution >= 0.6 is 0 Å².